The van der Waals surface area contributed by atoms with Crippen LogP contribution in [0.2, 0.25) is 0 Å². The lowest BCUT2D eigenvalue weighted by atomic mass is 9.89. The number of carbonyl (C=O) groups is 2. The number of rotatable bonds is 4. The Balaban J connectivity index is 2.04. The molecule has 2 unspecified atom stereocenters. The van der Waals surface area contributed by atoms with Crippen molar-refractivity contribution in [2.45, 2.75) is 26.3 Å². The van der Waals surface area contributed by atoms with E-state index >= 15 is 0 Å². The van der Waals surface area contributed by atoms with E-state index in [1.54, 1.807) is 6.92 Å². The molecule has 1 aromatic heterocycles. The summed E-state index contributed by atoms with van der Waals surface area (Å²) in [6.45, 7) is 3.88. The van der Waals surface area contributed by atoms with Gasteiger partial charge in [0, 0.05) is 11.1 Å². The maximum Gasteiger partial charge on any atom is 0.341 e. The second kappa shape index (κ2) is 6.24. The van der Waals surface area contributed by atoms with Crippen LogP contribution >= 0.6 is 0 Å². The first-order valence-electron chi connectivity index (χ1n) is 7.67. The molecule has 0 aliphatic carbocycles. The van der Waals surface area contributed by atoms with E-state index in [-0.39, 0.29) is 6.61 Å². The van der Waals surface area contributed by atoms with E-state index in [0.29, 0.717) is 23.5 Å². The molecular weight excluding hydrogens is 296 g/mol. The topological polar surface area (TPSA) is 80.9 Å². The van der Waals surface area contributed by atoms with Crippen LogP contribution in [0.3, 0.4) is 0 Å². The minimum Gasteiger partial charge on any atom is -0.465 e. The monoisotopic (exact) mass is 314 g/mol. The largest absolute Gasteiger partial charge is 0.465 e. The summed E-state index contributed by atoms with van der Waals surface area (Å²) in [6, 6.07) is 8.30. The van der Waals surface area contributed by atoms with Crippen molar-refractivity contribution in [1.29, 1.82) is 0 Å². The molecule has 0 spiro atoms. The average Bonchev–Trinajstić information content (AvgIpc) is 2.98. The molecule has 3 rings (SSSR count). The van der Waals surface area contributed by atoms with Crippen LogP contribution in [0.25, 0.3) is 11.0 Å². The van der Waals surface area contributed by atoms with Crippen LogP contribution < -0.4 is 5.32 Å². The molecule has 1 N–H and O–H groups in total. The van der Waals surface area contributed by atoms with Gasteiger partial charge in [-0.15, -0.1) is 0 Å². The zero-order valence-corrected chi connectivity index (χ0v) is 13.0. The van der Waals surface area contributed by atoms with Gasteiger partial charge in [0.15, 0.2) is 0 Å². The average molecular weight is 314 g/mol. The summed E-state index contributed by atoms with van der Waals surface area (Å²) in [4.78, 5) is 28.2. The SMILES string of the molecule is CCOC(=O)C1C(CC)=NC(=O)NC1c1cc2ccccc2o1. The minimum absolute atomic E-state index is 0.271. The fraction of sp³-hybridized carbons (Fsp3) is 0.353. The number of carbonyl (C=O) groups excluding carboxylic acids is 2. The number of urea groups is 1. The molecule has 0 bridgehead atoms. The van der Waals surface area contributed by atoms with Gasteiger partial charge in [-0.3, -0.25) is 4.79 Å². The predicted molar refractivity (Wildman–Crippen MR) is 85.3 cm³/mol. The lowest BCUT2D eigenvalue weighted by molar-refractivity contribution is -0.146. The van der Waals surface area contributed by atoms with Crippen molar-refractivity contribution in [1.82, 2.24) is 5.32 Å². The molecule has 23 heavy (non-hydrogen) atoms. The zero-order valence-electron chi connectivity index (χ0n) is 13.0. The van der Waals surface area contributed by atoms with Crippen molar-refractivity contribution >= 4 is 28.7 Å². The smallest absolute Gasteiger partial charge is 0.341 e. The van der Waals surface area contributed by atoms with Crippen LogP contribution in [0.1, 0.15) is 32.1 Å². The number of benzene rings is 1. The Labute approximate surface area is 133 Å². The van der Waals surface area contributed by atoms with Gasteiger partial charge in [0.05, 0.1) is 6.61 Å². The molecule has 2 heterocycles. The van der Waals surface area contributed by atoms with Crippen molar-refractivity contribution in [2.24, 2.45) is 10.9 Å². The summed E-state index contributed by atoms with van der Waals surface area (Å²) in [5.41, 5.74) is 1.22. The third-order valence-electron chi connectivity index (χ3n) is 3.87. The molecule has 2 atom stereocenters. The second-order valence-electron chi connectivity index (χ2n) is 5.30. The number of amides is 2. The number of para-hydroxylation sites is 1. The van der Waals surface area contributed by atoms with Crippen LogP contribution in [0, 0.1) is 5.92 Å². The van der Waals surface area contributed by atoms with E-state index in [1.165, 1.54) is 0 Å². The fourth-order valence-electron chi connectivity index (χ4n) is 2.84. The van der Waals surface area contributed by atoms with Crippen molar-refractivity contribution in [3.63, 3.8) is 0 Å². The van der Waals surface area contributed by atoms with Crippen LogP contribution in [-0.4, -0.2) is 24.3 Å². The van der Waals surface area contributed by atoms with Crippen molar-refractivity contribution < 1.29 is 18.7 Å². The summed E-state index contributed by atoms with van der Waals surface area (Å²) in [6.07, 6.45) is 0.494. The first-order chi connectivity index (χ1) is 11.1. The van der Waals surface area contributed by atoms with Gasteiger partial charge in [-0.25, -0.2) is 9.79 Å². The van der Waals surface area contributed by atoms with E-state index in [2.05, 4.69) is 10.3 Å². The highest BCUT2D eigenvalue weighted by Gasteiger charge is 2.40. The number of fused-ring (bicyclic) bond motifs is 1. The summed E-state index contributed by atoms with van der Waals surface area (Å²) >= 11 is 0. The number of furan rings is 1. The minimum atomic E-state index is -0.668. The van der Waals surface area contributed by atoms with Gasteiger partial charge < -0.3 is 14.5 Å². The lowest BCUT2D eigenvalue weighted by Gasteiger charge is -2.28. The van der Waals surface area contributed by atoms with E-state index in [9.17, 15) is 9.59 Å². The molecule has 1 aliphatic heterocycles. The molecule has 6 heteroatoms. The van der Waals surface area contributed by atoms with Gasteiger partial charge in [-0.1, -0.05) is 25.1 Å². The Hall–Kier alpha value is -2.63. The molecule has 6 nitrogen and oxygen atoms in total. The van der Waals surface area contributed by atoms with Gasteiger partial charge in [-0.05, 0) is 25.5 Å². The van der Waals surface area contributed by atoms with Crippen molar-refractivity contribution in [2.75, 3.05) is 6.61 Å². The molecule has 0 saturated heterocycles. The summed E-state index contributed by atoms with van der Waals surface area (Å²) < 4.78 is 11.0. The predicted octanol–water partition coefficient (Wildman–Crippen LogP) is 3.23. The number of hydrogen-bond donors (Lipinski definition) is 1. The zero-order chi connectivity index (χ0) is 16.4. The Morgan fingerprint density at radius 2 is 2.13 bits per heavy atom. The first kappa shape index (κ1) is 15.3. The third kappa shape index (κ3) is 2.84. The lowest BCUT2D eigenvalue weighted by Crippen LogP contribution is -2.44. The maximum atomic E-state index is 12.4. The molecule has 2 amide bonds. The van der Waals surface area contributed by atoms with Gasteiger partial charge in [0.2, 0.25) is 0 Å². The van der Waals surface area contributed by atoms with Crippen LogP contribution in [-0.2, 0) is 9.53 Å². The van der Waals surface area contributed by atoms with E-state index in [1.807, 2.05) is 37.3 Å². The summed E-state index contributed by atoms with van der Waals surface area (Å²) in [5.74, 6) is -0.546. The highest BCUT2D eigenvalue weighted by atomic mass is 16.5. The van der Waals surface area contributed by atoms with E-state index in [0.717, 1.165) is 5.39 Å². The molecule has 0 fully saturated rings. The Morgan fingerprint density at radius 3 is 2.83 bits per heavy atom. The molecule has 120 valence electrons. The third-order valence-corrected chi connectivity index (χ3v) is 3.87. The van der Waals surface area contributed by atoms with Gasteiger partial charge in [0.1, 0.15) is 23.3 Å². The second-order valence-corrected chi connectivity index (χ2v) is 5.30. The number of nitrogens with one attached hydrogen (secondary N) is 1. The maximum absolute atomic E-state index is 12.4. The molecule has 0 radical (unpaired) electrons. The Morgan fingerprint density at radius 1 is 1.35 bits per heavy atom. The highest BCUT2D eigenvalue weighted by Crippen LogP contribution is 2.32. The van der Waals surface area contributed by atoms with E-state index < -0.39 is 24.0 Å². The quantitative estimate of drug-likeness (QED) is 0.879. The summed E-state index contributed by atoms with van der Waals surface area (Å²) in [5, 5.41) is 3.64. The number of aliphatic imine (C=N–C) groups is 1. The van der Waals surface area contributed by atoms with Crippen molar-refractivity contribution in [3.05, 3.63) is 36.1 Å². The number of esters is 1. The molecule has 2 aromatic rings. The van der Waals surface area contributed by atoms with E-state index in [4.69, 9.17) is 9.15 Å². The molecule has 0 saturated carbocycles. The van der Waals surface area contributed by atoms with Crippen LogP contribution in [0.15, 0.2) is 39.7 Å². The molecule has 1 aromatic carbocycles. The van der Waals surface area contributed by atoms with Crippen molar-refractivity contribution in [3.8, 4) is 0 Å². The van der Waals surface area contributed by atoms with Crippen LogP contribution in [0.4, 0.5) is 4.79 Å². The normalized spacial score (nSPS) is 21.0. The van der Waals surface area contributed by atoms with Crippen LogP contribution in [0.5, 0.6) is 0 Å². The van der Waals surface area contributed by atoms with Gasteiger partial charge in [-0.2, -0.15) is 0 Å². The number of ether oxygens (including phenoxy) is 1. The Bertz CT molecular complexity index is 745. The number of hydrogen-bond acceptors (Lipinski definition) is 4. The molecule has 1 aliphatic rings. The standard InChI is InChI=1S/C17H18N2O4/c1-3-11-14(16(20)22-4-2)15(19-17(21)18-11)13-9-10-7-5-6-8-12(10)23-13/h5-9,14-15H,3-4H2,1-2H3,(H,19,21). The first-order valence-corrected chi connectivity index (χ1v) is 7.67. The van der Waals surface area contributed by atoms with Gasteiger partial charge in [0.25, 0.3) is 0 Å². The molecular formula is C17H18N2O4. The number of nitrogens with zero attached hydrogens (tertiary/aromatic N) is 1. The fourth-order valence-corrected chi connectivity index (χ4v) is 2.84. The summed E-state index contributed by atoms with van der Waals surface area (Å²) in [7, 11) is 0. The highest BCUT2D eigenvalue weighted by molar-refractivity contribution is 6.09. The Kier molecular flexibility index (Phi) is 4.14. The van der Waals surface area contributed by atoms with Gasteiger partial charge >= 0.3 is 12.0 Å².